The second-order valence-corrected chi connectivity index (χ2v) is 5.02. The maximum absolute atomic E-state index is 12.4. The van der Waals surface area contributed by atoms with Crippen molar-refractivity contribution in [1.82, 2.24) is 15.3 Å². The van der Waals surface area contributed by atoms with E-state index >= 15 is 0 Å². The fourth-order valence-corrected chi connectivity index (χ4v) is 2.04. The topological polar surface area (TPSA) is 41.1 Å². The molecule has 1 aliphatic rings. The van der Waals surface area contributed by atoms with Gasteiger partial charge in [0.1, 0.15) is 0 Å². The molecule has 1 fully saturated rings. The van der Waals surface area contributed by atoms with Gasteiger partial charge in [0.05, 0.1) is 5.56 Å². The highest BCUT2D eigenvalue weighted by atomic mass is 19.4. The molecule has 1 saturated heterocycles. The van der Waals surface area contributed by atoms with Crippen LogP contribution in [0.3, 0.4) is 0 Å². The van der Waals surface area contributed by atoms with E-state index in [1.165, 1.54) is 0 Å². The molecule has 4 nitrogen and oxygen atoms in total. The summed E-state index contributed by atoms with van der Waals surface area (Å²) in [7, 11) is 0. The third-order valence-corrected chi connectivity index (χ3v) is 3.26. The molecule has 0 aromatic carbocycles. The smallest absolute Gasteiger partial charge is 0.338 e. The van der Waals surface area contributed by atoms with Crippen molar-refractivity contribution in [2.45, 2.75) is 26.1 Å². The van der Waals surface area contributed by atoms with E-state index in [1.54, 1.807) is 0 Å². The van der Waals surface area contributed by atoms with Crippen molar-refractivity contribution in [3.8, 4) is 0 Å². The van der Waals surface area contributed by atoms with Gasteiger partial charge < -0.3 is 10.2 Å². The molecule has 0 amide bonds. The van der Waals surface area contributed by atoms with Crippen LogP contribution in [-0.2, 0) is 6.18 Å². The Balaban J connectivity index is 2.10. The molecular weight excluding hydrogens is 257 g/mol. The third kappa shape index (κ3) is 3.34. The molecule has 2 heterocycles. The van der Waals surface area contributed by atoms with Gasteiger partial charge in [-0.25, -0.2) is 9.97 Å². The molecule has 0 radical (unpaired) electrons. The summed E-state index contributed by atoms with van der Waals surface area (Å²) >= 11 is 0. The van der Waals surface area contributed by atoms with Gasteiger partial charge in [-0.2, -0.15) is 13.2 Å². The Morgan fingerprint density at radius 2 is 1.95 bits per heavy atom. The second kappa shape index (κ2) is 5.32. The maximum atomic E-state index is 12.4. The van der Waals surface area contributed by atoms with E-state index in [2.05, 4.69) is 29.1 Å². The zero-order chi connectivity index (χ0) is 14.0. The maximum Gasteiger partial charge on any atom is 0.419 e. The van der Waals surface area contributed by atoms with Crippen molar-refractivity contribution >= 4 is 5.95 Å². The minimum absolute atomic E-state index is 0.305. The SMILES string of the molecule is CC(C)C1CN(c2ncc(C(F)(F)F)cn2)CCN1. The van der Waals surface area contributed by atoms with Crippen molar-refractivity contribution in [3.05, 3.63) is 18.0 Å². The Morgan fingerprint density at radius 3 is 2.47 bits per heavy atom. The number of piperazine rings is 1. The molecule has 1 atom stereocenters. The molecular formula is C12H17F3N4. The molecule has 0 aliphatic carbocycles. The highest BCUT2D eigenvalue weighted by Gasteiger charge is 2.32. The molecule has 1 aromatic heterocycles. The Bertz CT molecular complexity index is 416. The number of alkyl halides is 3. The molecule has 1 aromatic rings. The minimum Gasteiger partial charge on any atom is -0.338 e. The van der Waals surface area contributed by atoms with E-state index in [4.69, 9.17) is 0 Å². The first-order valence-electron chi connectivity index (χ1n) is 6.25. The van der Waals surface area contributed by atoms with Gasteiger partial charge in [-0.1, -0.05) is 13.8 Å². The van der Waals surface area contributed by atoms with Crippen LogP contribution in [0.1, 0.15) is 19.4 Å². The van der Waals surface area contributed by atoms with E-state index in [0.29, 0.717) is 31.0 Å². The Labute approximate surface area is 110 Å². The molecule has 1 aliphatic heterocycles. The largest absolute Gasteiger partial charge is 0.419 e. The average Bonchev–Trinajstić information content (AvgIpc) is 2.38. The van der Waals surface area contributed by atoms with Gasteiger partial charge in [-0.15, -0.1) is 0 Å². The fraction of sp³-hybridized carbons (Fsp3) is 0.667. The normalized spacial score (nSPS) is 20.9. The number of nitrogens with zero attached hydrogens (tertiary/aromatic N) is 3. The number of rotatable bonds is 2. The molecule has 1 unspecified atom stereocenters. The van der Waals surface area contributed by atoms with E-state index in [1.807, 2.05) is 4.90 Å². The summed E-state index contributed by atoms with van der Waals surface area (Å²) in [5, 5.41) is 3.38. The van der Waals surface area contributed by atoms with E-state index < -0.39 is 11.7 Å². The summed E-state index contributed by atoms with van der Waals surface area (Å²) in [6, 6.07) is 0.305. The van der Waals surface area contributed by atoms with Crippen LogP contribution in [0.4, 0.5) is 19.1 Å². The zero-order valence-electron chi connectivity index (χ0n) is 10.9. The first-order chi connectivity index (χ1) is 8.88. The number of aromatic nitrogens is 2. The number of nitrogens with one attached hydrogen (secondary N) is 1. The lowest BCUT2D eigenvalue weighted by atomic mass is 10.0. The van der Waals surface area contributed by atoms with Gasteiger partial charge in [0.15, 0.2) is 0 Å². The van der Waals surface area contributed by atoms with Gasteiger partial charge in [0.25, 0.3) is 0 Å². The summed E-state index contributed by atoms with van der Waals surface area (Å²) in [6.07, 6.45) is -2.70. The molecule has 19 heavy (non-hydrogen) atoms. The van der Waals surface area contributed by atoms with Crippen LogP contribution in [0.5, 0.6) is 0 Å². The quantitative estimate of drug-likeness (QED) is 0.894. The molecule has 2 rings (SSSR count). The zero-order valence-corrected chi connectivity index (χ0v) is 10.9. The van der Waals surface area contributed by atoms with Gasteiger partial charge in [-0.3, -0.25) is 0 Å². The summed E-state index contributed by atoms with van der Waals surface area (Å²) in [6.45, 7) is 6.41. The van der Waals surface area contributed by atoms with Crippen LogP contribution in [0.2, 0.25) is 0 Å². The number of halogens is 3. The average molecular weight is 274 g/mol. The van der Waals surface area contributed by atoms with Gasteiger partial charge >= 0.3 is 6.18 Å². The molecule has 0 saturated carbocycles. The lowest BCUT2D eigenvalue weighted by Gasteiger charge is -2.35. The van der Waals surface area contributed by atoms with E-state index in [-0.39, 0.29) is 0 Å². The van der Waals surface area contributed by atoms with Crippen molar-refractivity contribution in [2.75, 3.05) is 24.5 Å². The van der Waals surface area contributed by atoms with E-state index in [9.17, 15) is 13.2 Å². The van der Waals surface area contributed by atoms with Gasteiger partial charge in [0, 0.05) is 38.1 Å². The molecule has 106 valence electrons. The summed E-state index contributed by atoms with van der Waals surface area (Å²) < 4.78 is 37.3. The first-order valence-corrected chi connectivity index (χ1v) is 6.25. The Kier molecular flexibility index (Phi) is 3.93. The summed E-state index contributed by atoms with van der Waals surface area (Å²) in [5.74, 6) is 0.817. The molecule has 1 N–H and O–H groups in total. The monoisotopic (exact) mass is 274 g/mol. The van der Waals surface area contributed by atoms with Crippen molar-refractivity contribution in [2.24, 2.45) is 5.92 Å². The lowest BCUT2D eigenvalue weighted by Crippen LogP contribution is -2.53. The minimum atomic E-state index is -4.39. The Hall–Kier alpha value is -1.37. The third-order valence-electron chi connectivity index (χ3n) is 3.26. The highest BCUT2D eigenvalue weighted by molar-refractivity contribution is 5.31. The van der Waals surface area contributed by atoms with Crippen LogP contribution >= 0.6 is 0 Å². The van der Waals surface area contributed by atoms with Gasteiger partial charge in [0.2, 0.25) is 5.95 Å². The molecule has 7 heteroatoms. The van der Waals surface area contributed by atoms with Crippen LogP contribution in [0.15, 0.2) is 12.4 Å². The molecule has 0 bridgehead atoms. The predicted octanol–water partition coefficient (Wildman–Crippen LogP) is 1.93. The standard InChI is InChI=1S/C12H17F3N4/c1-8(2)10-7-19(4-3-16-10)11-17-5-9(6-18-11)12(13,14)15/h5-6,8,10,16H,3-4,7H2,1-2H3. The number of anilines is 1. The van der Waals surface area contributed by atoms with Crippen molar-refractivity contribution in [1.29, 1.82) is 0 Å². The lowest BCUT2D eigenvalue weighted by molar-refractivity contribution is -0.138. The van der Waals surface area contributed by atoms with Gasteiger partial charge in [-0.05, 0) is 5.92 Å². The van der Waals surface area contributed by atoms with Crippen LogP contribution < -0.4 is 10.2 Å². The highest BCUT2D eigenvalue weighted by Crippen LogP contribution is 2.28. The first kappa shape index (κ1) is 14.0. The number of hydrogen-bond donors (Lipinski definition) is 1. The van der Waals surface area contributed by atoms with Crippen LogP contribution in [-0.4, -0.2) is 35.6 Å². The summed E-state index contributed by atoms with van der Waals surface area (Å²) in [5.41, 5.74) is -0.813. The Morgan fingerprint density at radius 1 is 1.32 bits per heavy atom. The van der Waals surface area contributed by atoms with E-state index in [0.717, 1.165) is 18.9 Å². The number of hydrogen-bond acceptors (Lipinski definition) is 4. The van der Waals surface area contributed by atoms with Crippen molar-refractivity contribution in [3.63, 3.8) is 0 Å². The van der Waals surface area contributed by atoms with Crippen LogP contribution in [0.25, 0.3) is 0 Å². The predicted molar refractivity (Wildman–Crippen MR) is 65.9 cm³/mol. The summed E-state index contributed by atoms with van der Waals surface area (Å²) in [4.78, 5) is 9.58. The fourth-order valence-electron chi connectivity index (χ4n) is 2.04. The second-order valence-electron chi connectivity index (χ2n) is 5.02. The van der Waals surface area contributed by atoms with Crippen LogP contribution in [0, 0.1) is 5.92 Å². The van der Waals surface area contributed by atoms with Crippen molar-refractivity contribution < 1.29 is 13.2 Å². The molecule has 0 spiro atoms.